The van der Waals surface area contributed by atoms with Crippen LogP contribution < -0.4 is 5.73 Å². The average molecular weight is 588 g/mol. The second-order valence-electron chi connectivity index (χ2n) is 11.6. The van der Waals surface area contributed by atoms with Crippen LogP contribution in [0.25, 0.3) is 11.2 Å². The fourth-order valence-electron chi connectivity index (χ4n) is 5.60. The van der Waals surface area contributed by atoms with E-state index in [1.54, 1.807) is 0 Å². The first kappa shape index (κ1) is 33.7. The number of terminal acetylenes is 1. The molecule has 3 rings (SSSR count). The van der Waals surface area contributed by atoms with Crippen molar-refractivity contribution in [2.45, 2.75) is 147 Å². The minimum Gasteiger partial charge on any atom is -0.461 e. The molecule has 0 unspecified atom stereocenters. The quantitative estimate of drug-likeness (QED) is 0.0708. The summed E-state index contributed by atoms with van der Waals surface area (Å²) in [5.74, 6) is 1.98. The first-order valence-electron chi connectivity index (χ1n) is 16.0. The van der Waals surface area contributed by atoms with Crippen LogP contribution in [0.1, 0.15) is 135 Å². The first-order chi connectivity index (χ1) is 20.4. The molecule has 234 valence electrons. The van der Waals surface area contributed by atoms with Crippen molar-refractivity contribution in [3.05, 3.63) is 12.4 Å². The minimum absolute atomic E-state index is 0.0813. The third kappa shape index (κ3) is 10.2. The van der Waals surface area contributed by atoms with Crippen molar-refractivity contribution < 1.29 is 23.8 Å². The zero-order chi connectivity index (χ0) is 30.2. The van der Waals surface area contributed by atoms with Crippen molar-refractivity contribution in [1.82, 2.24) is 19.5 Å². The van der Waals surface area contributed by atoms with E-state index in [9.17, 15) is 14.3 Å². The largest absolute Gasteiger partial charge is 0.461 e. The van der Waals surface area contributed by atoms with Crippen LogP contribution in [-0.4, -0.2) is 48.9 Å². The zero-order valence-corrected chi connectivity index (χ0v) is 25.4. The van der Waals surface area contributed by atoms with E-state index in [4.69, 9.17) is 21.6 Å². The smallest absolute Gasteiger partial charge is 0.312 e. The van der Waals surface area contributed by atoms with Crippen LogP contribution in [0.2, 0.25) is 0 Å². The maximum Gasteiger partial charge on any atom is 0.312 e. The maximum absolute atomic E-state index is 13.7. The Morgan fingerprint density at radius 3 is 2.14 bits per heavy atom. The van der Waals surface area contributed by atoms with E-state index in [1.165, 1.54) is 101 Å². The van der Waals surface area contributed by atoms with Crippen molar-refractivity contribution in [1.29, 1.82) is 0 Å². The summed E-state index contributed by atoms with van der Waals surface area (Å²) >= 11 is 0. The molecule has 2 aromatic rings. The fraction of sp³-hybridized carbons (Fsp3) is 0.750. The molecular formula is C32H50FN5O4. The molecule has 0 spiro atoms. The highest BCUT2D eigenvalue weighted by atomic mass is 19.1. The number of fused-ring (bicyclic) bond motifs is 1. The summed E-state index contributed by atoms with van der Waals surface area (Å²) in [5.41, 5.74) is 4.55. The predicted molar refractivity (Wildman–Crippen MR) is 162 cm³/mol. The van der Waals surface area contributed by atoms with Gasteiger partial charge in [-0.15, -0.1) is 6.42 Å². The standard InChI is InChI=1S/C32H50FN5O4/c1-3-5-6-7-8-9-10-11-12-13-14-15-16-17-18-19-20-21-27(40)41-23-32(4-2)25(39)22-26(42-32)38-24-35-28-29(34)36-31(33)37-30(28)38/h2,24-26,39H,3,5-23H2,1H3,(H2,34,36,37)/t25-,26-,32-/m1/s1. The van der Waals surface area contributed by atoms with E-state index in [2.05, 4.69) is 27.8 Å². The molecule has 42 heavy (non-hydrogen) atoms. The van der Waals surface area contributed by atoms with E-state index < -0.39 is 24.0 Å². The molecule has 2 aromatic heterocycles. The van der Waals surface area contributed by atoms with Gasteiger partial charge in [0.25, 0.3) is 0 Å². The molecule has 0 bridgehead atoms. The molecule has 0 saturated carbocycles. The number of rotatable bonds is 21. The number of esters is 1. The van der Waals surface area contributed by atoms with E-state index in [0.29, 0.717) is 6.42 Å². The molecule has 3 N–H and O–H groups in total. The Hall–Kier alpha value is -2.77. The van der Waals surface area contributed by atoms with Crippen LogP contribution in [0.15, 0.2) is 6.33 Å². The summed E-state index contributed by atoms with van der Waals surface area (Å²) in [4.78, 5) is 23.7. The summed E-state index contributed by atoms with van der Waals surface area (Å²) in [6.45, 7) is 1.98. The van der Waals surface area contributed by atoms with Crippen LogP contribution >= 0.6 is 0 Å². The average Bonchev–Trinajstić information content (AvgIpc) is 3.54. The topological polar surface area (TPSA) is 125 Å². The lowest BCUT2D eigenvalue weighted by Crippen LogP contribution is -2.43. The first-order valence-corrected chi connectivity index (χ1v) is 16.0. The van der Waals surface area contributed by atoms with Crippen LogP contribution in [0, 0.1) is 18.4 Å². The van der Waals surface area contributed by atoms with Gasteiger partial charge in [-0.1, -0.05) is 116 Å². The third-order valence-electron chi connectivity index (χ3n) is 8.22. The van der Waals surface area contributed by atoms with Crippen LogP contribution in [0.3, 0.4) is 0 Å². The van der Waals surface area contributed by atoms with Gasteiger partial charge >= 0.3 is 12.0 Å². The van der Waals surface area contributed by atoms with Gasteiger partial charge in [0.05, 0.1) is 6.33 Å². The number of carbonyl (C=O) groups is 1. The maximum atomic E-state index is 13.7. The van der Waals surface area contributed by atoms with Crippen molar-refractivity contribution >= 4 is 23.0 Å². The summed E-state index contributed by atoms with van der Waals surface area (Å²) < 4.78 is 26.6. The second-order valence-corrected chi connectivity index (χ2v) is 11.6. The lowest BCUT2D eigenvalue weighted by molar-refractivity contribution is -0.156. The number of hydrogen-bond donors (Lipinski definition) is 2. The number of carbonyl (C=O) groups excluding carboxylic acids is 1. The highest BCUT2D eigenvalue weighted by Gasteiger charge is 2.49. The monoisotopic (exact) mass is 587 g/mol. The van der Waals surface area contributed by atoms with Gasteiger partial charge in [0, 0.05) is 12.8 Å². The minimum atomic E-state index is -1.53. The molecular weight excluding hydrogens is 537 g/mol. The normalized spacial score (nSPS) is 20.2. The zero-order valence-electron chi connectivity index (χ0n) is 25.4. The van der Waals surface area contributed by atoms with Gasteiger partial charge in [0.2, 0.25) is 0 Å². The Morgan fingerprint density at radius 1 is 1.05 bits per heavy atom. The highest BCUT2D eigenvalue weighted by Crippen LogP contribution is 2.38. The molecule has 3 heterocycles. The molecule has 1 fully saturated rings. The van der Waals surface area contributed by atoms with Crippen LogP contribution in [-0.2, 0) is 14.3 Å². The molecule has 1 aliphatic rings. The molecule has 1 aliphatic heterocycles. The van der Waals surface area contributed by atoms with Gasteiger partial charge in [-0.05, 0) is 6.42 Å². The molecule has 0 aliphatic carbocycles. The van der Waals surface area contributed by atoms with Crippen molar-refractivity contribution in [2.24, 2.45) is 0 Å². The Bertz CT molecular complexity index is 1140. The molecule has 1 saturated heterocycles. The van der Waals surface area contributed by atoms with E-state index in [1.807, 2.05) is 0 Å². The number of unbranched alkanes of at least 4 members (excludes halogenated alkanes) is 16. The molecule has 0 aromatic carbocycles. The highest BCUT2D eigenvalue weighted by molar-refractivity contribution is 5.81. The number of aliphatic hydroxyl groups excluding tert-OH is 1. The SMILES string of the molecule is C#C[C@]1(COC(=O)CCCCCCCCCCCCCCCCCCC)O[C@@H](n2cnc3c(N)nc(F)nc32)C[C@H]1O. The number of aliphatic hydroxyl groups is 1. The third-order valence-corrected chi connectivity index (χ3v) is 8.22. The molecule has 10 heteroatoms. The number of nitrogen functional groups attached to an aromatic ring is 1. The van der Waals surface area contributed by atoms with Gasteiger partial charge in [-0.3, -0.25) is 9.36 Å². The van der Waals surface area contributed by atoms with Gasteiger partial charge in [-0.2, -0.15) is 14.4 Å². The number of anilines is 1. The van der Waals surface area contributed by atoms with Gasteiger partial charge in [0.1, 0.15) is 18.9 Å². The second kappa shape index (κ2) is 18.0. The number of hydrogen-bond acceptors (Lipinski definition) is 8. The Labute approximate surface area is 250 Å². The van der Waals surface area contributed by atoms with Crippen molar-refractivity contribution in [3.8, 4) is 12.3 Å². The Morgan fingerprint density at radius 2 is 1.60 bits per heavy atom. The molecule has 3 atom stereocenters. The Balaban J connectivity index is 1.23. The van der Waals surface area contributed by atoms with Crippen molar-refractivity contribution in [3.63, 3.8) is 0 Å². The fourth-order valence-corrected chi connectivity index (χ4v) is 5.60. The van der Waals surface area contributed by atoms with Gasteiger partial charge in [0.15, 0.2) is 22.6 Å². The Kier molecular flexibility index (Phi) is 14.5. The summed E-state index contributed by atoms with van der Waals surface area (Å²) in [6, 6.07) is 0. The lowest BCUT2D eigenvalue weighted by atomic mass is 9.99. The lowest BCUT2D eigenvalue weighted by Gasteiger charge is -2.26. The van der Waals surface area contributed by atoms with Gasteiger partial charge in [-0.25, -0.2) is 4.98 Å². The number of nitrogens with zero attached hydrogens (tertiary/aromatic N) is 4. The molecule has 9 nitrogen and oxygen atoms in total. The number of imidazole rings is 1. The number of nitrogens with two attached hydrogens (primary N) is 1. The van der Waals surface area contributed by atoms with Crippen molar-refractivity contribution in [2.75, 3.05) is 12.3 Å². The van der Waals surface area contributed by atoms with Gasteiger partial charge < -0.3 is 20.3 Å². The van der Waals surface area contributed by atoms with E-state index in [-0.39, 0.29) is 36.0 Å². The van der Waals surface area contributed by atoms with Crippen LogP contribution in [0.4, 0.5) is 10.2 Å². The van der Waals surface area contributed by atoms with Crippen LogP contribution in [0.5, 0.6) is 0 Å². The number of halogens is 1. The van der Waals surface area contributed by atoms with E-state index in [0.717, 1.165) is 19.3 Å². The summed E-state index contributed by atoms with van der Waals surface area (Å²) in [6.07, 6.45) is 26.3. The number of aromatic nitrogens is 4. The van der Waals surface area contributed by atoms with E-state index >= 15 is 0 Å². The predicted octanol–water partition coefficient (Wildman–Crippen LogP) is 6.78. The summed E-state index contributed by atoms with van der Waals surface area (Å²) in [7, 11) is 0. The number of ether oxygens (including phenoxy) is 2. The summed E-state index contributed by atoms with van der Waals surface area (Å²) in [5, 5.41) is 10.7. The molecule has 0 amide bonds. The molecule has 0 radical (unpaired) electrons.